The van der Waals surface area contributed by atoms with Gasteiger partial charge in [-0.05, 0) is 48.4 Å². The number of para-hydroxylation sites is 1. The molecular formula is C26H21ClN6O3S. The van der Waals surface area contributed by atoms with Crippen LogP contribution in [0.5, 0.6) is 0 Å². The van der Waals surface area contributed by atoms with Crippen LogP contribution in [0, 0.1) is 10.1 Å². The number of amides is 1. The molecule has 1 aromatic heterocycles. The van der Waals surface area contributed by atoms with Gasteiger partial charge in [0.1, 0.15) is 6.04 Å². The van der Waals surface area contributed by atoms with Crippen LogP contribution < -0.4 is 10.6 Å². The fraction of sp³-hybridized carbons (Fsp3) is 0.115. The highest BCUT2D eigenvalue weighted by molar-refractivity contribution is 7.98. The second-order valence-electron chi connectivity index (χ2n) is 8.28. The number of halogens is 1. The average molecular weight is 533 g/mol. The van der Waals surface area contributed by atoms with Gasteiger partial charge in [0.25, 0.3) is 11.6 Å². The fourth-order valence-electron chi connectivity index (χ4n) is 4.05. The van der Waals surface area contributed by atoms with Crippen LogP contribution in [0.3, 0.4) is 0 Å². The molecule has 4 aromatic rings. The van der Waals surface area contributed by atoms with Crippen molar-refractivity contribution in [2.75, 3.05) is 10.6 Å². The highest BCUT2D eigenvalue weighted by atomic mass is 35.5. The molecule has 1 atom stereocenters. The molecule has 1 aliphatic heterocycles. The minimum Gasteiger partial charge on any atom is -0.328 e. The molecule has 0 aliphatic carbocycles. The Morgan fingerprint density at radius 1 is 1.11 bits per heavy atom. The second-order valence-corrected chi connectivity index (χ2v) is 9.63. The van der Waals surface area contributed by atoms with Crippen LogP contribution >= 0.6 is 23.4 Å². The standard InChI is InChI=1S/C26H21ClN6O3S/c1-16-22(24(34)29-19-8-3-2-4-9-19)23(17-11-13-20(14-12-17)33(35)36)32-25(28-16)30-26(31-32)37-15-18-7-5-6-10-21(18)27/h2-14,23H,15H2,1H3,(H,29,34)(H,28,30,31). The van der Waals surface area contributed by atoms with Crippen molar-refractivity contribution in [3.63, 3.8) is 0 Å². The maximum absolute atomic E-state index is 13.5. The van der Waals surface area contributed by atoms with E-state index in [9.17, 15) is 14.9 Å². The van der Waals surface area contributed by atoms with Crippen molar-refractivity contribution >= 4 is 46.6 Å². The Kier molecular flexibility index (Phi) is 6.93. The Labute approximate surface area is 221 Å². The number of hydrogen-bond donors (Lipinski definition) is 2. The third kappa shape index (κ3) is 5.20. The third-order valence-corrected chi connectivity index (χ3v) is 7.10. The number of nitro groups is 1. The highest BCUT2D eigenvalue weighted by Gasteiger charge is 2.34. The first-order valence-corrected chi connectivity index (χ1v) is 12.7. The zero-order valence-corrected chi connectivity index (χ0v) is 21.2. The number of nitrogens with zero attached hydrogens (tertiary/aromatic N) is 4. The Morgan fingerprint density at radius 2 is 1.81 bits per heavy atom. The number of thioether (sulfide) groups is 1. The van der Waals surface area contributed by atoms with Gasteiger partial charge in [-0.15, -0.1) is 5.10 Å². The Balaban J connectivity index is 1.51. The van der Waals surface area contributed by atoms with Gasteiger partial charge in [-0.25, -0.2) is 4.68 Å². The summed E-state index contributed by atoms with van der Waals surface area (Å²) in [5.74, 6) is 0.726. The molecule has 9 nitrogen and oxygen atoms in total. The van der Waals surface area contributed by atoms with Gasteiger partial charge in [-0.1, -0.05) is 59.8 Å². The first-order chi connectivity index (χ1) is 17.9. The Hall–Kier alpha value is -4.15. The van der Waals surface area contributed by atoms with Gasteiger partial charge in [0.15, 0.2) is 0 Å². The highest BCUT2D eigenvalue weighted by Crippen LogP contribution is 2.37. The van der Waals surface area contributed by atoms with E-state index in [1.165, 1.54) is 23.9 Å². The summed E-state index contributed by atoms with van der Waals surface area (Å²) >= 11 is 7.72. The number of nitrogens with one attached hydrogen (secondary N) is 2. The summed E-state index contributed by atoms with van der Waals surface area (Å²) < 4.78 is 1.64. The molecule has 0 spiro atoms. The zero-order valence-electron chi connectivity index (χ0n) is 19.6. The monoisotopic (exact) mass is 532 g/mol. The van der Waals surface area contributed by atoms with Crippen LogP contribution in [-0.2, 0) is 10.5 Å². The number of fused-ring (bicyclic) bond motifs is 1. The number of carbonyl (C=O) groups excluding carboxylic acids is 1. The molecule has 0 saturated carbocycles. The van der Waals surface area contributed by atoms with E-state index in [0.29, 0.717) is 44.4 Å². The number of aromatic nitrogens is 3. The summed E-state index contributed by atoms with van der Waals surface area (Å²) in [6, 6.07) is 22.2. The van der Waals surface area contributed by atoms with Crippen LogP contribution in [0.2, 0.25) is 5.02 Å². The molecule has 0 bridgehead atoms. The first-order valence-electron chi connectivity index (χ1n) is 11.3. The fourth-order valence-corrected chi connectivity index (χ4v) is 5.17. The van der Waals surface area contributed by atoms with Crippen LogP contribution in [0.4, 0.5) is 17.3 Å². The smallest absolute Gasteiger partial charge is 0.269 e. The van der Waals surface area contributed by atoms with E-state index in [1.54, 1.807) is 35.9 Å². The van der Waals surface area contributed by atoms with Gasteiger partial charge in [-0.3, -0.25) is 14.9 Å². The minimum atomic E-state index is -0.650. The molecule has 1 amide bonds. The van der Waals surface area contributed by atoms with Crippen molar-refractivity contribution < 1.29 is 9.72 Å². The second kappa shape index (κ2) is 10.5. The Morgan fingerprint density at radius 3 is 2.51 bits per heavy atom. The molecule has 186 valence electrons. The maximum Gasteiger partial charge on any atom is 0.269 e. The maximum atomic E-state index is 13.5. The summed E-state index contributed by atoms with van der Waals surface area (Å²) in [5, 5.41) is 23.2. The molecule has 11 heteroatoms. The van der Waals surface area contributed by atoms with Gasteiger partial charge in [0.05, 0.1) is 10.5 Å². The predicted molar refractivity (Wildman–Crippen MR) is 144 cm³/mol. The van der Waals surface area contributed by atoms with Crippen LogP contribution in [0.15, 0.2) is 95.3 Å². The van der Waals surface area contributed by atoms with Crippen molar-refractivity contribution in [1.29, 1.82) is 0 Å². The van der Waals surface area contributed by atoms with Crippen molar-refractivity contribution in [2.24, 2.45) is 0 Å². The van der Waals surface area contributed by atoms with Gasteiger partial charge in [0.2, 0.25) is 11.1 Å². The summed E-state index contributed by atoms with van der Waals surface area (Å²) in [5.41, 5.74) is 3.27. The summed E-state index contributed by atoms with van der Waals surface area (Å²) in [7, 11) is 0. The lowest BCUT2D eigenvalue weighted by molar-refractivity contribution is -0.384. The summed E-state index contributed by atoms with van der Waals surface area (Å²) in [6.45, 7) is 1.80. The molecule has 3 aromatic carbocycles. The largest absolute Gasteiger partial charge is 0.328 e. The third-order valence-electron chi connectivity index (χ3n) is 5.84. The molecule has 1 aliphatic rings. The number of nitro benzene ring substituents is 1. The van der Waals surface area contributed by atoms with Crippen molar-refractivity contribution in [3.05, 3.63) is 116 Å². The lowest BCUT2D eigenvalue weighted by Gasteiger charge is -2.28. The van der Waals surface area contributed by atoms with E-state index in [-0.39, 0.29) is 11.6 Å². The molecule has 0 radical (unpaired) electrons. The van der Waals surface area contributed by atoms with Gasteiger partial charge >= 0.3 is 0 Å². The molecule has 1 unspecified atom stereocenters. The average Bonchev–Trinajstić information content (AvgIpc) is 3.30. The predicted octanol–water partition coefficient (Wildman–Crippen LogP) is 6.06. The molecule has 2 N–H and O–H groups in total. The number of benzene rings is 3. The number of hydrogen-bond acceptors (Lipinski definition) is 7. The van der Waals surface area contributed by atoms with Crippen molar-refractivity contribution in [3.8, 4) is 0 Å². The van der Waals surface area contributed by atoms with E-state index in [2.05, 4.69) is 15.6 Å². The van der Waals surface area contributed by atoms with Gasteiger partial charge in [-0.2, -0.15) is 4.98 Å². The van der Waals surface area contributed by atoms with E-state index in [4.69, 9.17) is 16.7 Å². The number of non-ortho nitro benzene ring substituents is 1. The number of anilines is 2. The molecule has 37 heavy (non-hydrogen) atoms. The Bertz CT molecular complexity index is 1500. The van der Waals surface area contributed by atoms with Crippen molar-refractivity contribution in [2.45, 2.75) is 23.9 Å². The minimum absolute atomic E-state index is 0.0385. The number of rotatable bonds is 7. The van der Waals surface area contributed by atoms with E-state index in [0.717, 1.165) is 5.56 Å². The molecule has 5 rings (SSSR count). The van der Waals surface area contributed by atoms with Crippen LogP contribution in [0.25, 0.3) is 0 Å². The topological polar surface area (TPSA) is 115 Å². The normalized spacial score (nSPS) is 14.6. The summed E-state index contributed by atoms with van der Waals surface area (Å²) in [4.78, 5) is 28.9. The van der Waals surface area contributed by atoms with E-state index >= 15 is 0 Å². The summed E-state index contributed by atoms with van der Waals surface area (Å²) in [6.07, 6.45) is 0. The molecule has 2 heterocycles. The molecular weight excluding hydrogens is 512 g/mol. The lowest BCUT2D eigenvalue weighted by Crippen LogP contribution is -2.31. The van der Waals surface area contributed by atoms with Gasteiger partial charge in [0, 0.05) is 34.3 Å². The SMILES string of the molecule is CC1=C(C(=O)Nc2ccccc2)C(c2ccc([N+](=O)[O-])cc2)n2nc(SCc3ccccc3Cl)nc2N1. The molecule has 0 saturated heterocycles. The number of carbonyl (C=O) groups is 1. The van der Waals surface area contributed by atoms with E-state index in [1.807, 2.05) is 42.5 Å². The quantitative estimate of drug-likeness (QED) is 0.169. The zero-order chi connectivity index (χ0) is 25.9. The van der Waals surface area contributed by atoms with Crippen LogP contribution in [-0.4, -0.2) is 25.6 Å². The van der Waals surface area contributed by atoms with Crippen molar-refractivity contribution in [1.82, 2.24) is 14.8 Å². The first kappa shape index (κ1) is 24.5. The van der Waals surface area contributed by atoms with Gasteiger partial charge < -0.3 is 10.6 Å². The van der Waals surface area contributed by atoms with E-state index < -0.39 is 11.0 Å². The lowest BCUT2D eigenvalue weighted by atomic mass is 9.95. The van der Waals surface area contributed by atoms with Crippen LogP contribution in [0.1, 0.15) is 24.1 Å². The number of allylic oxidation sites excluding steroid dienone is 1. The molecule has 0 fully saturated rings.